The summed E-state index contributed by atoms with van der Waals surface area (Å²) in [4.78, 5) is 20.6. The summed E-state index contributed by atoms with van der Waals surface area (Å²) in [5, 5.41) is 0. The fourth-order valence-electron chi connectivity index (χ4n) is 3.38. The predicted octanol–water partition coefficient (Wildman–Crippen LogP) is 7.79. The van der Waals surface area contributed by atoms with Crippen LogP contribution < -0.4 is 0 Å². The van der Waals surface area contributed by atoms with Crippen molar-refractivity contribution >= 4 is 28.9 Å². The van der Waals surface area contributed by atoms with Gasteiger partial charge in [0.25, 0.3) is 0 Å². The van der Waals surface area contributed by atoms with E-state index in [2.05, 4.69) is 32.0 Å². The number of hydrogen-bond acceptors (Lipinski definition) is 2. The molecule has 0 heterocycles. The second kappa shape index (κ2) is 15.0. The smallest absolute Gasteiger partial charge is 0.246 e. The van der Waals surface area contributed by atoms with Crippen LogP contribution in [0.2, 0.25) is 0 Å². The predicted molar refractivity (Wildman–Crippen MR) is 125 cm³/mol. The van der Waals surface area contributed by atoms with E-state index < -0.39 is 5.69 Å². The molecule has 0 aromatic heterocycles. The standard InChI is InChI=1S/C22H39O2PS2/c1-3-5-7-9-11-13-15-20-17-18-21(16-14-12-10-8-6-4-2)22(19-20)27-25(23,24)26/h17-19H,3-16H2,1-2H3,(H2,23,24,26). The maximum atomic E-state index is 9.80. The Morgan fingerprint density at radius 1 is 0.778 bits per heavy atom. The number of unbranched alkanes of at least 4 members (excludes halogenated alkanes) is 10. The molecule has 0 amide bonds. The normalized spacial score (nSPS) is 11.9. The Labute approximate surface area is 176 Å². The summed E-state index contributed by atoms with van der Waals surface area (Å²) in [5.74, 6) is 0. The third kappa shape index (κ3) is 13.1. The number of rotatable bonds is 16. The zero-order valence-electron chi connectivity index (χ0n) is 17.3. The second-order valence-corrected chi connectivity index (χ2v) is 13.5. The lowest BCUT2D eigenvalue weighted by molar-refractivity contribution is 0.502. The van der Waals surface area contributed by atoms with E-state index in [9.17, 15) is 9.79 Å². The van der Waals surface area contributed by atoms with Crippen molar-refractivity contribution in [3.63, 3.8) is 0 Å². The van der Waals surface area contributed by atoms with Gasteiger partial charge in [-0.2, -0.15) is 0 Å². The highest BCUT2D eigenvalue weighted by molar-refractivity contribution is 8.67. The van der Waals surface area contributed by atoms with Crippen molar-refractivity contribution in [3.05, 3.63) is 29.3 Å². The molecule has 156 valence electrons. The Balaban J connectivity index is 2.56. The summed E-state index contributed by atoms with van der Waals surface area (Å²) in [6.07, 6.45) is 17.5. The molecule has 0 radical (unpaired) electrons. The van der Waals surface area contributed by atoms with Crippen molar-refractivity contribution in [3.8, 4) is 0 Å². The molecule has 1 aromatic carbocycles. The van der Waals surface area contributed by atoms with Gasteiger partial charge in [0.05, 0.1) is 0 Å². The summed E-state index contributed by atoms with van der Waals surface area (Å²) in [7, 11) is 0. The number of benzene rings is 1. The molecule has 0 aliphatic heterocycles. The van der Waals surface area contributed by atoms with Crippen LogP contribution in [-0.2, 0) is 24.6 Å². The highest BCUT2D eigenvalue weighted by Gasteiger charge is 2.14. The van der Waals surface area contributed by atoms with Crippen LogP contribution in [0.3, 0.4) is 0 Å². The van der Waals surface area contributed by atoms with Gasteiger partial charge >= 0.3 is 0 Å². The molecule has 0 saturated carbocycles. The zero-order chi connectivity index (χ0) is 20.0. The summed E-state index contributed by atoms with van der Waals surface area (Å²) in [6.45, 7) is 4.49. The zero-order valence-corrected chi connectivity index (χ0v) is 19.8. The Hall–Kier alpha value is 0.140. The van der Waals surface area contributed by atoms with Gasteiger partial charge < -0.3 is 9.79 Å². The van der Waals surface area contributed by atoms with E-state index in [1.165, 1.54) is 81.8 Å². The van der Waals surface area contributed by atoms with E-state index in [1.807, 2.05) is 0 Å². The summed E-state index contributed by atoms with van der Waals surface area (Å²) in [6, 6.07) is 6.56. The second-order valence-electron chi connectivity index (χ2n) is 7.56. The van der Waals surface area contributed by atoms with Crippen molar-refractivity contribution in [1.82, 2.24) is 0 Å². The third-order valence-electron chi connectivity index (χ3n) is 4.97. The molecule has 5 heteroatoms. The van der Waals surface area contributed by atoms with Crippen LogP contribution in [-0.4, -0.2) is 9.79 Å². The van der Waals surface area contributed by atoms with Gasteiger partial charge in [-0.1, -0.05) is 90.2 Å². The maximum absolute atomic E-state index is 9.80. The average molecular weight is 431 g/mol. The molecule has 1 aromatic rings. The Morgan fingerprint density at radius 2 is 1.30 bits per heavy atom. The van der Waals surface area contributed by atoms with Gasteiger partial charge in [0.1, 0.15) is 0 Å². The summed E-state index contributed by atoms with van der Waals surface area (Å²) in [5.41, 5.74) is -0.766. The first-order valence-corrected chi connectivity index (χ1v) is 15.0. The first-order chi connectivity index (χ1) is 13.0. The number of hydrogen-bond donors (Lipinski definition) is 2. The van der Waals surface area contributed by atoms with Crippen molar-refractivity contribution in [2.45, 2.75) is 109 Å². The van der Waals surface area contributed by atoms with Crippen LogP contribution in [0.4, 0.5) is 0 Å². The van der Waals surface area contributed by atoms with Crippen LogP contribution in [0.1, 0.15) is 102 Å². The molecule has 0 fully saturated rings. The van der Waals surface area contributed by atoms with Gasteiger partial charge in [0.2, 0.25) is 5.69 Å². The molecule has 0 bridgehead atoms. The highest BCUT2D eigenvalue weighted by Crippen LogP contribution is 2.55. The van der Waals surface area contributed by atoms with Crippen LogP contribution >= 0.6 is 17.1 Å². The van der Waals surface area contributed by atoms with Crippen molar-refractivity contribution in [1.29, 1.82) is 0 Å². The molecule has 27 heavy (non-hydrogen) atoms. The van der Waals surface area contributed by atoms with Crippen LogP contribution in [0, 0.1) is 0 Å². The minimum absolute atomic E-state index is 0.986. The third-order valence-corrected chi connectivity index (χ3v) is 7.76. The molecule has 0 unspecified atom stereocenters. The fourth-order valence-corrected chi connectivity index (χ4v) is 6.13. The minimum atomic E-state index is -3.28. The quantitative estimate of drug-likeness (QED) is 0.207. The molecule has 0 aliphatic rings. The summed E-state index contributed by atoms with van der Waals surface area (Å²) >= 11 is 5.99. The molecule has 2 N–H and O–H groups in total. The maximum Gasteiger partial charge on any atom is 0.246 e. The van der Waals surface area contributed by atoms with E-state index in [-0.39, 0.29) is 0 Å². The van der Waals surface area contributed by atoms with E-state index in [0.717, 1.165) is 35.5 Å². The van der Waals surface area contributed by atoms with Crippen molar-refractivity contribution in [2.75, 3.05) is 0 Å². The largest absolute Gasteiger partial charge is 0.337 e. The minimum Gasteiger partial charge on any atom is -0.337 e. The Bertz CT molecular complexity index is 557. The van der Waals surface area contributed by atoms with Gasteiger partial charge in [-0.15, -0.1) is 0 Å². The molecule has 0 saturated heterocycles. The van der Waals surface area contributed by atoms with Crippen LogP contribution in [0.25, 0.3) is 0 Å². The molecular weight excluding hydrogens is 391 g/mol. The molecule has 2 nitrogen and oxygen atoms in total. The first kappa shape index (κ1) is 25.2. The molecule has 0 aliphatic carbocycles. The van der Waals surface area contributed by atoms with Crippen LogP contribution in [0.15, 0.2) is 23.1 Å². The highest BCUT2D eigenvalue weighted by atomic mass is 32.9. The Kier molecular flexibility index (Phi) is 14.0. The lowest BCUT2D eigenvalue weighted by atomic mass is 10.0. The van der Waals surface area contributed by atoms with Gasteiger partial charge in [0.15, 0.2) is 0 Å². The van der Waals surface area contributed by atoms with Gasteiger partial charge in [-0.25, -0.2) is 0 Å². The first-order valence-electron chi connectivity index (χ1n) is 10.8. The van der Waals surface area contributed by atoms with E-state index >= 15 is 0 Å². The topological polar surface area (TPSA) is 40.5 Å². The van der Waals surface area contributed by atoms with E-state index in [0.29, 0.717) is 0 Å². The lowest BCUT2D eigenvalue weighted by Crippen LogP contribution is -1.94. The summed E-state index contributed by atoms with van der Waals surface area (Å²) < 4.78 is 0. The lowest BCUT2D eigenvalue weighted by Gasteiger charge is -2.14. The van der Waals surface area contributed by atoms with Crippen LogP contribution in [0.5, 0.6) is 0 Å². The average Bonchev–Trinajstić information content (AvgIpc) is 2.61. The number of aryl methyl sites for hydroxylation is 2. The van der Waals surface area contributed by atoms with Gasteiger partial charge in [-0.3, -0.25) is 0 Å². The molecule has 1 rings (SSSR count). The molecular formula is C22H39O2PS2. The van der Waals surface area contributed by atoms with Crippen molar-refractivity contribution < 1.29 is 9.79 Å². The molecule has 0 spiro atoms. The van der Waals surface area contributed by atoms with Gasteiger partial charge in [0, 0.05) is 4.90 Å². The van der Waals surface area contributed by atoms with E-state index in [1.54, 1.807) is 0 Å². The van der Waals surface area contributed by atoms with E-state index in [4.69, 9.17) is 11.8 Å². The van der Waals surface area contributed by atoms with Gasteiger partial charge in [-0.05, 0) is 66.1 Å². The Morgan fingerprint density at radius 3 is 1.85 bits per heavy atom. The molecule has 0 atom stereocenters. The monoisotopic (exact) mass is 430 g/mol. The fraction of sp³-hybridized carbons (Fsp3) is 0.727. The SMILES string of the molecule is CCCCCCCCc1ccc(CCCCCCCC)c(SP(O)(O)=S)c1. The van der Waals surface area contributed by atoms with Crippen molar-refractivity contribution in [2.24, 2.45) is 0 Å².